The van der Waals surface area contributed by atoms with Crippen molar-refractivity contribution in [2.75, 3.05) is 52.9 Å². The molecule has 0 aliphatic heterocycles. The van der Waals surface area contributed by atoms with Crippen molar-refractivity contribution in [2.24, 2.45) is 5.92 Å². The molecule has 32 atom stereocenters. The fraction of sp³-hybridized carbons (Fsp3) is 0.641. The Labute approximate surface area is 692 Å². The predicted octanol–water partition coefficient (Wildman–Crippen LogP) is -29.1. The van der Waals surface area contributed by atoms with Crippen LogP contribution in [0.3, 0.4) is 0 Å². The van der Waals surface area contributed by atoms with Crippen LogP contribution in [-0.2, 0) is 91.1 Å². The van der Waals surface area contributed by atoms with Crippen LogP contribution in [0.5, 0.6) is 0 Å². The zero-order valence-corrected chi connectivity index (χ0v) is 63.0. The van der Waals surface area contributed by atoms with Gasteiger partial charge in [0, 0.05) is 0 Å². The lowest BCUT2D eigenvalue weighted by atomic mass is 9.83. The number of carbonyl (C=O) groups is 18. The molecule has 0 amide bonds. The van der Waals surface area contributed by atoms with Gasteiger partial charge in [0.25, 0.3) is 0 Å². The molecule has 0 aromatic carbocycles. The fourth-order valence-corrected chi connectivity index (χ4v) is 7.20. The quantitative estimate of drug-likeness (QED) is 0.00393. The number of aldehydes is 10. The summed E-state index contributed by atoms with van der Waals surface area (Å²) in [5.41, 5.74) is -1.19. The first-order valence-electron chi connectivity index (χ1n) is 33.2. The van der Waals surface area contributed by atoms with E-state index in [1.165, 1.54) is 0 Å². The molecule has 0 saturated carbocycles. The van der Waals surface area contributed by atoms with Crippen LogP contribution >= 0.6 is 0 Å². The van der Waals surface area contributed by atoms with Crippen molar-refractivity contribution in [3.8, 4) is 0 Å². The van der Waals surface area contributed by atoms with Gasteiger partial charge in [-0.2, -0.15) is 4.79 Å². The Balaban J connectivity index is -0.000000122. The van der Waals surface area contributed by atoms with E-state index in [0.29, 0.717) is 12.7 Å². The second-order valence-electron chi connectivity index (χ2n) is 23.3. The molecule has 32 unspecified atom stereocenters. The minimum atomic E-state index is -2.60. The number of aliphatic hydroxyl groups is 40. The van der Waals surface area contributed by atoms with Crippen molar-refractivity contribution in [1.82, 2.24) is 0 Å². The first-order chi connectivity index (χ1) is 57.0. The van der Waals surface area contributed by atoms with Crippen molar-refractivity contribution in [3.05, 3.63) is 24.3 Å². The lowest BCUT2D eigenvalue weighted by Gasteiger charge is -2.32. The molecule has 0 rings (SSSR count). The first-order valence-corrected chi connectivity index (χ1v) is 33.2. The maximum absolute atomic E-state index is 12.1. The van der Waals surface area contributed by atoms with E-state index in [1.54, 1.807) is 0 Å². The summed E-state index contributed by atoms with van der Waals surface area (Å²) in [6.45, 7) is -7.48. The van der Waals surface area contributed by atoms with Crippen molar-refractivity contribution in [2.45, 2.75) is 196 Å². The molecule has 0 saturated heterocycles. The normalized spacial score (nSPS) is 18.6. The third kappa shape index (κ3) is 53.3. The fourth-order valence-electron chi connectivity index (χ4n) is 7.20. The Bertz CT molecular complexity index is 3110. The molecule has 0 aromatic heterocycles. The molecule has 59 heteroatoms. The molecule has 59 nitrogen and oxygen atoms in total. The largest absolute Gasteiger partial charge is 1.00 e. The van der Waals surface area contributed by atoms with Gasteiger partial charge in [-0.15, -0.1) is 0 Å². The van der Waals surface area contributed by atoms with Gasteiger partial charge in [0.15, 0.2) is 92.2 Å². The van der Waals surface area contributed by atoms with Gasteiger partial charge in [0.2, 0.25) is 23.1 Å². The second kappa shape index (κ2) is 75.9. The van der Waals surface area contributed by atoms with Gasteiger partial charge in [-0.1, -0.05) is 0 Å². The Hall–Kier alpha value is -8.64. The van der Waals surface area contributed by atoms with Crippen molar-refractivity contribution >= 4 is 115 Å². The third-order valence-corrected chi connectivity index (χ3v) is 14.4. The predicted molar refractivity (Wildman–Crippen MR) is 380 cm³/mol. The molecule has 0 aliphatic rings. The van der Waals surface area contributed by atoms with E-state index in [4.69, 9.17) is 141 Å². The zero-order chi connectivity index (χ0) is 98.9. The molecule has 0 radical (unpaired) electrons. The van der Waals surface area contributed by atoms with Gasteiger partial charge >= 0.3 is 16.3 Å². The van der Waals surface area contributed by atoms with Gasteiger partial charge in [0.05, 0.1) is 71.0 Å². The number of rotatable bonds is 53. The zero-order valence-electron chi connectivity index (χ0n) is 66.0. The van der Waals surface area contributed by atoms with Gasteiger partial charge < -0.3 is 209 Å². The molecule has 0 heterocycles. The molecule has 712 valence electrons. The van der Waals surface area contributed by atoms with E-state index in [-0.39, 0.29) is 66.9 Å². The van der Waals surface area contributed by atoms with Crippen LogP contribution in [0.2, 0.25) is 0 Å². The van der Waals surface area contributed by atoms with Gasteiger partial charge in [-0.3, -0.25) is 71.9 Å². The van der Waals surface area contributed by atoms with Crippen LogP contribution in [0.1, 0.15) is 10.7 Å². The summed E-state index contributed by atoms with van der Waals surface area (Å²) in [6.07, 6.45) is -63.6. The number of carbonyl (C=O) groups excluding carboxylic acids is 19. The van der Waals surface area contributed by atoms with E-state index in [0.717, 1.165) is 5.94 Å². The Morgan fingerprint density at radius 3 is 0.894 bits per heavy atom. The summed E-state index contributed by atoms with van der Waals surface area (Å²) in [4.78, 5) is 195. The van der Waals surface area contributed by atoms with Crippen LogP contribution in [0, 0.1) is 12.3 Å². The Kier molecular flexibility index (Phi) is 81.6. The summed E-state index contributed by atoms with van der Waals surface area (Å²) in [5.74, 6) is -12.6. The number of Topliss-reactive ketones (excluding diaryl/α,β-unsaturated/α-hetero) is 8. The van der Waals surface area contributed by atoms with E-state index < -0.39 is 313 Å². The van der Waals surface area contributed by atoms with Crippen molar-refractivity contribution in [3.63, 3.8) is 0 Å². The number of hydrogen-bond donors (Lipinski definition) is 40. The van der Waals surface area contributed by atoms with E-state index in [9.17, 15) is 154 Å². The summed E-state index contributed by atoms with van der Waals surface area (Å²) in [6, 6.07) is 0. The van der Waals surface area contributed by atoms with E-state index >= 15 is 0 Å². The lowest BCUT2D eigenvalue weighted by molar-refractivity contribution is -0.168. The smallest absolute Gasteiger partial charge is 0.504 e. The molecule has 0 spiro atoms. The standard InChI is InChI=1S/C14H24O13.C14H22O12.C8H14O8.C8H13O7.C8H12O7.C6H12O6.3C2H2O2/c15-1-4(18)7(10(23)12(25)8(21)5(19)2-16)11(24)14(27)13(26)9(22)6(20)3-17;15-2-7(19)5(10(22)14(26)13(25)9(21)4-17)1-6(18)11(23)12(24)8(20)3-16;9-1-3(11)5(13)7(15)8(16)6(14)4(12)2-10;2*9-2-4(11)1-5(12)7(14)8(15)6(13)3-10;7-1-3(9)5(11)6(12)4(10)2-8;3*3-1-2-4/h1,5-9,11-14,16-17,19-22,24-27H,2-3H2;1-2,6,8-9,11-14,16-18,20-21,23-26H,3-4H2;1,4-8,10,12-16H,2H2;1-2,5-8,10,12-15H,3H2;2,6-8,10,13-15H,1,3H2;1,3-6,8-12H,2H2;1,3H;2*1-2H/q;;;+1;;;;;/p+3/b;5-1+;;;;;;;. The van der Waals surface area contributed by atoms with Crippen LogP contribution < -0.4 is 0 Å². The first kappa shape index (κ1) is 132. The monoisotopic (exact) mass is 1820 g/mol. The SMILES string of the molecule is O=C=CO.O=CC(=O)/C(=C\C(O)C(O)C(O)C(O)CO)C(=O)C(O)C(O)C(O)CO.O=CC(=O)C(C(=O)C(O)C(O)C(O)CO)C(O)C(O)C(O)C(O)C(O)CO.O=CC(=O)C(O)C(O)C(O)C(O)C(O)CO.O=CC(=O)CC(=O)C(O)C(O)C(O)CO.O=CC(=O)[CH+]C(O)C(O)C(O)C(O)CO.O=CC(O)C(O)C(O)C(O)CO.O=CC=O.O=CC=O.[H+].[H+].[H+]. The Morgan fingerprint density at radius 2 is 0.602 bits per heavy atom. The van der Waals surface area contributed by atoms with Gasteiger partial charge in [-0.05, 0) is 6.08 Å². The Morgan fingerprint density at radius 1 is 0.309 bits per heavy atom. The molecular formula is C64H106O59+4. The van der Waals surface area contributed by atoms with Crippen LogP contribution in [0.15, 0.2) is 17.9 Å². The molecule has 40 N–H and O–H groups in total. The topological polar surface area (TPSA) is 1130 Å². The van der Waals surface area contributed by atoms with Crippen LogP contribution in [0.4, 0.5) is 0 Å². The van der Waals surface area contributed by atoms with Crippen molar-refractivity contribution < 1.29 is 300 Å². The molecule has 123 heavy (non-hydrogen) atoms. The highest BCUT2D eigenvalue weighted by atomic mass is 16.5. The highest BCUT2D eigenvalue weighted by Crippen LogP contribution is 2.21. The maximum Gasteiger partial charge on any atom is 1.00 e. The lowest BCUT2D eigenvalue weighted by Crippen LogP contribution is -2.56. The average Bonchev–Trinajstić information content (AvgIpc) is 0.813. The molecule has 0 aromatic rings. The summed E-state index contributed by atoms with van der Waals surface area (Å²) >= 11 is 0. The van der Waals surface area contributed by atoms with Gasteiger partial charge in [-0.25, -0.2) is 9.59 Å². The number of aliphatic hydroxyl groups excluding tert-OH is 40. The maximum atomic E-state index is 12.1. The number of ketones is 8. The number of hydrogen-bond acceptors (Lipinski definition) is 59. The van der Waals surface area contributed by atoms with E-state index in [1.807, 2.05) is 0 Å². The minimum Gasteiger partial charge on any atom is -0.504 e. The van der Waals surface area contributed by atoms with E-state index in [2.05, 4.69) is 0 Å². The molecular weight excluding hydrogens is 1710 g/mol. The van der Waals surface area contributed by atoms with Crippen molar-refractivity contribution in [1.29, 1.82) is 0 Å². The van der Waals surface area contributed by atoms with Crippen LogP contribution in [0.25, 0.3) is 0 Å². The summed E-state index contributed by atoms with van der Waals surface area (Å²) in [5, 5.41) is 363. The summed E-state index contributed by atoms with van der Waals surface area (Å²) in [7, 11) is 0. The molecule has 0 aliphatic carbocycles. The minimum absolute atomic E-state index is 0. The molecule has 0 fully saturated rings. The van der Waals surface area contributed by atoms with Gasteiger partial charge in [0.1, 0.15) is 189 Å². The second-order valence-corrected chi connectivity index (χ2v) is 23.3. The highest BCUT2D eigenvalue weighted by Gasteiger charge is 2.47. The third-order valence-electron chi connectivity index (χ3n) is 14.4. The average molecular weight is 1820 g/mol. The highest BCUT2D eigenvalue weighted by molar-refractivity contribution is 6.42. The molecule has 0 bridgehead atoms. The summed E-state index contributed by atoms with van der Waals surface area (Å²) < 4.78 is 0. The van der Waals surface area contributed by atoms with Crippen LogP contribution in [-0.4, -0.2) is 561 Å².